The van der Waals surface area contributed by atoms with Gasteiger partial charge in [-0.3, -0.25) is 14.4 Å². The molecule has 0 aromatic heterocycles. The number of amides is 1. The van der Waals surface area contributed by atoms with Crippen LogP contribution in [0.5, 0.6) is 0 Å². The molecule has 0 aliphatic rings. The monoisotopic (exact) mass is 666 g/mol. The van der Waals surface area contributed by atoms with Gasteiger partial charge in [-0.1, -0.05) is 129 Å². The number of nitrogens with zero attached hydrogens (tertiary/aromatic N) is 2. The number of hydrazine groups is 2. The van der Waals surface area contributed by atoms with E-state index in [1.165, 1.54) is 95.0 Å². The van der Waals surface area contributed by atoms with Crippen LogP contribution in [0.3, 0.4) is 0 Å². The number of carboxylic acids is 2. The summed E-state index contributed by atoms with van der Waals surface area (Å²) in [6.07, 6.45) is 25.5. The van der Waals surface area contributed by atoms with Gasteiger partial charge in [-0.2, -0.15) is 5.12 Å². The summed E-state index contributed by atoms with van der Waals surface area (Å²) in [5.41, 5.74) is 14.1. The predicted molar refractivity (Wildman–Crippen MR) is 186 cm³/mol. The third kappa shape index (κ3) is 27.2. The van der Waals surface area contributed by atoms with Crippen LogP contribution in [-0.2, 0) is 14.4 Å². The molecule has 268 valence electrons. The molecule has 0 unspecified atom stereocenters. The molecular formula is C35H72N5NaO5. The van der Waals surface area contributed by atoms with Gasteiger partial charge in [0.25, 0.3) is 0 Å². The SMILES string of the molecule is CCCCCCCCCCCCN(CCCCCCCCCCCC)N(N[C@@H](CCCCN)C(=O)O)[C@@H](CCC(N)=O)C(=O)O.[H-].[Na+]. The zero-order valence-electron chi connectivity index (χ0n) is 31.1. The molecular weight excluding hydrogens is 593 g/mol. The molecule has 0 aliphatic heterocycles. The van der Waals surface area contributed by atoms with Crippen molar-refractivity contribution < 1.29 is 55.6 Å². The number of unbranched alkanes of at least 4 members (excludes halogenated alkanes) is 19. The van der Waals surface area contributed by atoms with Crippen molar-refractivity contribution in [3.05, 3.63) is 0 Å². The summed E-state index contributed by atoms with van der Waals surface area (Å²) < 4.78 is 0. The van der Waals surface area contributed by atoms with Crippen molar-refractivity contribution >= 4 is 17.8 Å². The summed E-state index contributed by atoms with van der Waals surface area (Å²) in [6, 6.07) is -2.07. The molecule has 0 bridgehead atoms. The van der Waals surface area contributed by atoms with E-state index in [-0.39, 0.29) is 43.8 Å². The summed E-state index contributed by atoms with van der Waals surface area (Å²) in [7, 11) is 0. The number of nitrogens with one attached hydrogen (secondary N) is 1. The van der Waals surface area contributed by atoms with Crippen LogP contribution in [0.25, 0.3) is 0 Å². The number of rotatable bonds is 35. The fourth-order valence-corrected chi connectivity index (χ4v) is 5.78. The molecule has 0 aromatic rings. The maximum absolute atomic E-state index is 12.5. The number of carboxylic acid groups (broad SMARTS) is 2. The maximum atomic E-state index is 12.5. The van der Waals surface area contributed by atoms with Crippen LogP contribution in [0.2, 0.25) is 0 Å². The fourth-order valence-electron chi connectivity index (χ4n) is 5.78. The molecule has 0 rings (SSSR count). The fraction of sp³-hybridized carbons (Fsp3) is 0.914. The van der Waals surface area contributed by atoms with E-state index in [0.717, 1.165) is 38.5 Å². The van der Waals surface area contributed by atoms with Crippen LogP contribution in [-0.4, -0.2) is 69.9 Å². The first-order valence-electron chi connectivity index (χ1n) is 18.5. The van der Waals surface area contributed by atoms with Gasteiger partial charge in [0.1, 0.15) is 12.1 Å². The van der Waals surface area contributed by atoms with E-state index < -0.39 is 29.9 Å². The third-order valence-electron chi connectivity index (χ3n) is 8.62. The number of carbonyl (C=O) groups is 3. The molecule has 7 N–H and O–H groups in total. The minimum absolute atomic E-state index is 0. The zero-order chi connectivity index (χ0) is 33.5. The molecule has 0 radical (unpaired) electrons. The second kappa shape index (κ2) is 34.1. The Morgan fingerprint density at radius 3 is 1.39 bits per heavy atom. The van der Waals surface area contributed by atoms with Gasteiger partial charge in [0.05, 0.1) is 0 Å². The van der Waals surface area contributed by atoms with E-state index in [0.29, 0.717) is 38.9 Å². The van der Waals surface area contributed by atoms with Crippen LogP contribution in [0.4, 0.5) is 0 Å². The molecule has 10 nitrogen and oxygen atoms in total. The summed E-state index contributed by atoms with van der Waals surface area (Å²) in [4.78, 5) is 36.4. The summed E-state index contributed by atoms with van der Waals surface area (Å²) in [5, 5.41) is 23.8. The maximum Gasteiger partial charge on any atom is 1.00 e. The van der Waals surface area contributed by atoms with E-state index in [9.17, 15) is 24.6 Å². The smallest absolute Gasteiger partial charge is 1.00 e. The van der Waals surface area contributed by atoms with E-state index in [2.05, 4.69) is 19.3 Å². The molecule has 0 saturated heterocycles. The number of aliphatic carboxylic acids is 2. The van der Waals surface area contributed by atoms with E-state index in [4.69, 9.17) is 11.5 Å². The second-order valence-corrected chi connectivity index (χ2v) is 12.8. The van der Waals surface area contributed by atoms with Crippen molar-refractivity contribution in [2.75, 3.05) is 19.6 Å². The molecule has 0 heterocycles. The minimum atomic E-state index is -1.11. The van der Waals surface area contributed by atoms with Crippen LogP contribution >= 0.6 is 0 Å². The average molecular weight is 666 g/mol. The Hall–Kier alpha value is -0.750. The normalized spacial score (nSPS) is 12.7. The van der Waals surface area contributed by atoms with Gasteiger partial charge < -0.3 is 23.1 Å². The second-order valence-electron chi connectivity index (χ2n) is 12.8. The van der Waals surface area contributed by atoms with E-state index in [1.54, 1.807) is 0 Å². The van der Waals surface area contributed by atoms with Gasteiger partial charge >= 0.3 is 41.5 Å². The summed E-state index contributed by atoms with van der Waals surface area (Å²) in [5.74, 6) is -2.71. The number of nitrogens with two attached hydrogens (primary N) is 2. The molecule has 46 heavy (non-hydrogen) atoms. The molecule has 0 saturated carbocycles. The van der Waals surface area contributed by atoms with Gasteiger partial charge in [0.15, 0.2) is 0 Å². The molecule has 0 fully saturated rings. The first-order valence-corrected chi connectivity index (χ1v) is 18.5. The van der Waals surface area contributed by atoms with Crippen molar-refractivity contribution in [2.45, 2.75) is 186 Å². The number of primary amides is 1. The Morgan fingerprint density at radius 2 is 1.04 bits per heavy atom. The van der Waals surface area contributed by atoms with Gasteiger partial charge in [-0.15, -0.1) is 0 Å². The first kappa shape index (κ1) is 47.4. The largest absolute Gasteiger partial charge is 1.00 e. The first-order chi connectivity index (χ1) is 21.8. The Kier molecular flexibility index (Phi) is 35.1. The molecule has 2 atom stereocenters. The van der Waals surface area contributed by atoms with E-state index >= 15 is 0 Å². The predicted octanol–water partition coefficient (Wildman–Crippen LogP) is 4.27. The van der Waals surface area contributed by atoms with Crippen molar-refractivity contribution in [3.8, 4) is 0 Å². The van der Waals surface area contributed by atoms with Gasteiger partial charge in [-0.25, -0.2) is 10.4 Å². The van der Waals surface area contributed by atoms with Crippen molar-refractivity contribution in [1.29, 1.82) is 0 Å². The third-order valence-corrected chi connectivity index (χ3v) is 8.62. The molecule has 0 spiro atoms. The number of carbonyl (C=O) groups excluding carboxylic acids is 1. The molecule has 11 heteroatoms. The quantitative estimate of drug-likeness (QED) is 0.0378. The Balaban J connectivity index is -0.00000968. The zero-order valence-corrected chi connectivity index (χ0v) is 32.1. The molecule has 1 amide bonds. The Labute approximate surface area is 305 Å². The number of hydrogen-bond acceptors (Lipinski definition) is 7. The summed E-state index contributed by atoms with van der Waals surface area (Å²) in [6.45, 7) is 6.18. The average Bonchev–Trinajstić information content (AvgIpc) is 3.00. The van der Waals surface area contributed by atoms with Crippen LogP contribution in [0.15, 0.2) is 0 Å². The van der Waals surface area contributed by atoms with Crippen molar-refractivity contribution in [1.82, 2.24) is 15.6 Å². The van der Waals surface area contributed by atoms with Crippen LogP contribution in [0.1, 0.15) is 176 Å². The van der Waals surface area contributed by atoms with Gasteiger partial charge in [0, 0.05) is 19.5 Å². The standard InChI is InChI=1S/C35H71N5O5.Na.H/c1-3-5-7-9-11-13-15-17-19-23-29-39(30-24-20-18-16-14-12-10-8-6-4-2)40(32(35(44)45)26-27-33(37)41)38-31(34(42)43)25-21-22-28-36;;/h31-32,38H,3-30,36H2,1-2H3,(H2,37,41)(H,42,43)(H,44,45);;/q;+1;-1/t31-,32-;;/m0../s1. The van der Waals surface area contributed by atoms with E-state index in [1.807, 2.05) is 5.01 Å². The summed E-state index contributed by atoms with van der Waals surface area (Å²) >= 11 is 0. The Bertz CT molecular complexity index is 716. The van der Waals surface area contributed by atoms with Crippen LogP contribution in [0, 0.1) is 0 Å². The molecule has 0 aliphatic carbocycles. The van der Waals surface area contributed by atoms with Crippen LogP contribution < -0.4 is 46.5 Å². The van der Waals surface area contributed by atoms with Crippen molar-refractivity contribution in [3.63, 3.8) is 0 Å². The van der Waals surface area contributed by atoms with Crippen molar-refractivity contribution in [2.24, 2.45) is 11.5 Å². The topological polar surface area (TPSA) is 162 Å². The Morgan fingerprint density at radius 1 is 0.630 bits per heavy atom. The number of hydrogen-bond donors (Lipinski definition) is 5. The minimum Gasteiger partial charge on any atom is -1.00 e. The van der Waals surface area contributed by atoms with Gasteiger partial charge in [0.2, 0.25) is 5.91 Å². The van der Waals surface area contributed by atoms with Gasteiger partial charge in [-0.05, 0) is 45.1 Å². The molecule has 0 aromatic carbocycles.